The maximum Gasteiger partial charge on any atom is 2.00 e. The summed E-state index contributed by atoms with van der Waals surface area (Å²) in [6, 6.07) is 0. The molecule has 0 atom stereocenters. The van der Waals surface area contributed by atoms with Gasteiger partial charge in [-0.2, -0.15) is 0 Å². The van der Waals surface area contributed by atoms with Crippen molar-refractivity contribution >= 4 is 108 Å². The molecule has 0 saturated carbocycles. The molecule has 0 unspecified atom stereocenters. The topological polar surface area (TPSA) is 36.9 Å². The first kappa shape index (κ1) is 54.8. The normalized spacial score (nSPS) is 11.7. The average Bonchev–Trinajstić information content (AvgIpc) is 3.02. The van der Waals surface area contributed by atoms with E-state index in [2.05, 4.69) is 27.7 Å². The van der Waals surface area contributed by atoms with E-state index in [0.717, 1.165) is 25.7 Å². The Balaban J connectivity index is -0.000000807. The molecule has 0 heterocycles. The van der Waals surface area contributed by atoms with E-state index in [1.807, 2.05) is 0 Å². The van der Waals surface area contributed by atoms with Gasteiger partial charge >= 0.3 is 48.9 Å². The zero-order chi connectivity index (χ0) is 34.5. The predicted molar refractivity (Wildman–Crippen MR) is 225 cm³/mol. The second kappa shape index (κ2) is 43.8. The van der Waals surface area contributed by atoms with Crippen LogP contribution in [0.25, 0.3) is 0 Å². The minimum absolute atomic E-state index is 0. The van der Waals surface area contributed by atoms with Crippen LogP contribution in [0.3, 0.4) is 0 Å². The molecule has 0 N–H and O–H groups in total. The summed E-state index contributed by atoms with van der Waals surface area (Å²) in [5.74, 6) is 0. The Kier molecular flexibility index (Phi) is 51.0. The van der Waals surface area contributed by atoms with Gasteiger partial charge in [0.2, 0.25) is 0 Å². The first-order chi connectivity index (χ1) is 22.2. The number of hydrogen-bond donors (Lipinski definition) is 0. The molecule has 0 amide bonds. The van der Waals surface area contributed by atoms with Gasteiger partial charge in [-0.05, 0) is 25.7 Å². The molecule has 0 radical (unpaired) electrons. The van der Waals surface area contributed by atoms with Gasteiger partial charge in [0, 0.05) is 0 Å². The fraction of sp³-hybridized carbons (Fsp3) is 1.00. The summed E-state index contributed by atoms with van der Waals surface area (Å²) in [6.07, 6.45) is 35.7. The van der Waals surface area contributed by atoms with Crippen LogP contribution in [0.2, 0.25) is 0 Å². The standard InChI is InChI=1S/2C18H39O2PS2.Ba/c2*1-3-5-7-9-11-13-15-17-19-21(22,23)20-18-16-14-12-10-8-6-4-2;/h2*3-18H2,1-2H3,(H,22,23);/q;;+2/p-2. The molecule has 0 spiro atoms. The van der Waals surface area contributed by atoms with Gasteiger partial charge in [0.1, 0.15) is 0 Å². The number of rotatable bonds is 36. The van der Waals surface area contributed by atoms with Crippen LogP contribution in [-0.2, 0) is 66.2 Å². The first-order valence-electron chi connectivity index (χ1n) is 19.4. The van der Waals surface area contributed by atoms with Crippen molar-refractivity contribution in [3.63, 3.8) is 0 Å². The van der Waals surface area contributed by atoms with E-state index in [1.165, 1.54) is 154 Å². The van der Waals surface area contributed by atoms with E-state index >= 15 is 0 Å². The fourth-order valence-corrected chi connectivity index (χ4v) is 8.37. The molecule has 0 rings (SSSR count). The molecule has 0 fully saturated rings. The van der Waals surface area contributed by atoms with E-state index in [0.29, 0.717) is 26.4 Å². The van der Waals surface area contributed by atoms with Crippen LogP contribution in [-0.4, -0.2) is 75.3 Å². The predicted octanol–water partition coefficient (Wildman–Crippen LogP) is 14.2. The fourth-order valence-electron chi connectivity index (χ4n) is 5.02. The summed E-state index contributed by atoms with van der Waals surface area (Å²) in [7, 11) is 0. The van der Waals surface area contributed by atoms with Crippen molar-refractivity contribution in [3.8, 4) is 0 Å². The Morgan fingerprint density at radius 1 is 0.319 bits per heavy atom. The molecule has 0 aliphatic rings. The molecule has 0 aliphatic carbocycles. The monoisotopic (exact) mass is 900 g/mol. The van der Waals surface area contributed by atoms with Crippen molar-refractivity contribution in [2.75, 3.05) is 26.4 Å². The summed E-state index contributed by atoms with van der Waals surface area (Å²) in [6.45, 7) is 11.7. The van der Waals surface area contributed by atoms with Gasteiger partial charge in [-0.25, -0.2) is 0 Å². The first-order valence-corrected chi connectivity index (χ1v) is 26.7. The molecule has 4 nitrogen and oxygen atoms in total. The van der Waals surface area contributed by atoms with E-state index in [9.17, 15) is 0 Å². The van der Waals surface area contributed by atoms with Gasteiger partial charge in [-0.1, -0.05) is 205 Å². The average molecular weight is 901 g/mol. The van der Waals surface area contributed by atoms with Crippen molar-refractivity contribution in [2.24, 2.45) is 0 Å². The van der Waals surface area contributed by atoms with Crippen LogP contribution in [0, 0.1) is 0 Å². The Morgan fingerprint density at radius 2 is 0.468 bits per heavy atom. The molecular formula is C36H76BaO4P2S4. The second-order valence-corrected chi connectivity index (χ2v) is 22.7. The molecule has 280 valence electrons. The summed E-state index contributed by atoms with van der Waals surface area (Å²) in [5.41, 5.74) is -4.82. The van der Waals surface area contributed by atoms with Crippen molar-refractivity contribution < 1.29 is 18.1 Å². The summed E-state index contributed by atoms with van der Waals surface area (Å²) >= 11 is 21.2. The molecule has 0 bridgehead atoms. The van der Waals surface area contributed by atoms with Crippen LogP contribution < -0.4 is 0 Å². The quantitative estimate of drug-likeness (QED) is 0.0266. The van der Waals surface area contributed by atoms with E-state index < -0.39 is 11.4 Å². The van der Waals surface area contributed by atoms with E-state index in [4.69, 9.17) is 66.2 Å². The van der Waals surface area contributed by atoms with E-state index in [1.54, 1.807) is 0 Å². The Hall–Kier alpha value is 3.41. The Bertz CT molecular complexity index is 591. The second-order valence-electron chi connectivity index (χ2n) is 12.7. The SMILES string of the molecule is CCCCCCCCCOP(=S)([S-])OCCCCCCCCC.CCCCCCCCCOP(=S)([S-])OCCCCCCCCC.[Ba+2]. The molecule has 0 aromatic heterocycles. The minimum Gasteiger partial charge on any atom is -0.691 e. The molecule has 0 saturated heterocycles. The van der Waals surface area contributed by atoms with Crippen molar-refractivity contribution in [2.45, 2.75) is 207 Å². The van der Waals surface area contributed by atoms with Crippen LogP contribution in [0.5, 0.6) is 0 Å². The Labute approximate surface area is 356 Å². The van der Waals surface area contributed by atoms with Crippen LogP contribution >= 0.6 is 11.4 Å². The maximum absolute atomic E-state index is 5.64. The third-order valence-corrected chi connectivity index (χ3v) is 12.5. The van der Waals surface area contributed by atoms with Crippen LogP contribution in [0.1, 0.15) is 207 Å². The largest absolute Gasteiger partial charge is 2.00 e. The maximum atomic E-state index is 5.64. The third kappa shape index (κ3) is 49.4. The minimum atomic E-state index is -2.41. The molecule has 11 heteroatoms. The summed E-state index contributed by atoms with van der Waals surface area (Å²) in [4.78, 5) is 0. The smallest absolute Gasteiger partial charge is 0.691 e. The molecule has 0 aliphatic heterocycles. The van der Waals surface area contributed by atoms with Crippen molar-refractivity contribution in [3.05, 3.63) is 0 Å². The van der Waals surface area contributed by atoms with Gasteiger partial charge < -0.3 is 42.6 Å². The number of hydrogen-bond acceptors (Lipinski definition) is 8. The molecule has 47 heavy (non-hydrogen) atoms. The van der Waals surface area contributed by atoms with Crippen LogP contribution in [0.15, 0.2) is 0 Å². The third-order valence-electron chi connectivity index (χ3n) is 7.99. The van der Waals surface area contributed by atoms with Crippen molar-refractivity contribution in [1.29, 1.82) is 0 Å². The summed E-state index contributed by atoms with van der Waals surface area (Å²) < 4.78 is 22.5. The van der Waals surface area contributed by atoms with Gasteiger partial charge in [0.25, 0.3) is 0 Å². The van der Waals surface area contributed by atoms with Gasteiger partial charge in [0.05, 0.1) is 37.8 Å². The zero-order valence-electron chi connectivity index (χ0n) is 31.5. The molecular weight excluding hydrogens is 824 g/mol. The van der Waals surface area contributed by atoms with Gasteiger partial charge in [-0.15, -0.1) is 0 Å². The molecule has 0 aromatic rings. The van der Waals surface area contributed by atoms with Crippen molar-refractivity contribution in [1.82, 2.24) is 0 Å². The number of unbranched alkanes of at least 4 members (excludes halogenated alkanes) is 24. The van der Waals surface area contributed by atoms with Crippen LogP contribution in [0.4, 0.5) is 0 Å². The van der Waals surface area contributed by atoms with Gasteiger partial charge in [0.15, 0.2) is 0 Å². The zero-order valence-corrected chi connectivity index (χ0v) is 41.0. The molecule has 0 aromatic carbocycles. The van der Waals surface area contributed by atoms with E-state index in [-0.39, 0.29) is 48.9 Å². The Morgan fingerprint density at radius 3 is 0.638 bits per heavy atom. The van der Waals surface area contributed by atoms with Gasteiger partial charge in [-0.3, -0.25) is 0 Å². The summed E-state index contributed by atoms with van der Waals surface area (Å²) in [5, 5.41) is 0.